The highest BCUT2D eigenvalue weighted by atomic mass is 35.5. The molecular weight excluding hydrogens is 238 g/mol. The van der Waals surface area contributed by atoms with Crippen molar-refractivity contribution in [2.75, 3.05) is 0 Å². The number of rotatable bonds is 5. The molecule has 0 spiro atoms. The predicted molar refractivity (Wildman–Crippen MR) is 69.3 cm³/mol. The van der Waals surface area contributed by atoms with Crippen LogP contribution in [-0.4, -0.2) is 11.1 Å². The van der Waals surface area contributed by atoms with Crippen LogP contribution in [0.15, 0.2) is 18.2 Å². The van der Waals surface area contributed by atoms with Gasteiger partial charge in [0.05, 0.1) is 0 Å². The third kappa shape index (κ3) is 4.02. The molecule has 0 amide bonds. The molecule has 1 unspecified atom stereocenters. The van der Waals surface area contributed by atoms with Crippen molar-refractivity contribution in [3.63, 3.8) is 0 Å². The van der Waals surface area contributed by atoms with Crippen molar-refractivity contribution < 1.29 is 9.90 Å². The molecule has 0 radical (unpaired) electrons. The van der Waals surface area contributed by atoms with Gasteiger partial charge in [0.1, 0.15) is 0 Å². The number of carboxylic acids is 1. The summed E-state index contributed by atoms with van der Waals surface area (Å²) in [4.78, 5) is 10.5. The second-order valence-electron chi connectivity index (χ2n) is 4.47. The van der Waals surface area contributed by atoms with Gasteiger partial charge in [-0.05, 0) is 29.5 Å². The normalized spacial score (nSPS) is 12.8. The van der Waals surface area contributed by atoms with Crippen LogP contribution in [-0.2, 0) is 4.79 Å². The lowest BCUT2D eigenvalue weighted by Crippen LogP contribution is -2.12. The lowest BCUT2D eigenvalue weighted by molar-refractivity contribution is -0.137. The van der Waals surface area contributed by atoms with Gasteiger partial charge < -0.3 is 10.8 Å². The number of hydrogen-bond donors (Lipinski definition) is 2. The monoisotopic (exact) mass is 255 g/mol. The highest BCUT2D eigenvalue weighted by Gasteiger charge is 2.11. The standard InChI is InChI=1S/C13H18ClNO2/c1-8(2)10-4-3-9(7-11(10)14)12(15)5-6-13(16)17/h3-4,7-8,12H,5-6,15H2,1-2H3,(H,16,17). The number of hydrogen-bond acceptors (Lipinski definition) is 2. The summed E-state index contributed by atoms with van der Waals surface area (Å²) < 4.78 is 0. The molecule has 1 rings (SSSR count). The van der Waals surface area contributed by atoms with Crippen molar-refractivity contribution in [3.05, 3.63) is 34.3 Å². The van der Waals surface area contributed by atoms with Gasteiger partial charge in [0.2, 0.25) is 0 Å². The van der Waals surface area contributed by atoms with Gasteiger partial charge in [-0.3, -0.25) is 4.79 Å². The van der Waals surface area contributed by atoms with E-state index < -0.39 is 5.97 Å². The van der Waals surface area contributed by atoms with E-state index in [-0.39, 0.29) is 12.5 Å². The van der Waals surface area contributed by atoms with Gasteiger partial charge in [-0.15, -0.1) is 0 Å². The lowest BCUT2D eigenvalue weighted by Gasteiger charge is -2.14. The van der Waals surface area contributed by atoms with Crippen LogP contribution < -0.4 is 5.73 Å². The van der Waals surface area contributed by atoms with Crippen LogP contribution in [0.1, 0.15) is 49.8 Å². The minimum Gasteiger partial charge on any atom is -0.481 e. The SMILES string of the molecule is CC(C)c1ccc(C(N)CCC(=O)O)cc1Cl. The van der Waals surface area contributed by atoms with E-state index in [0.29, 0.717) is 17.4 Å². The van der Waals surface area contributed by atoms with Crippen LogP contribution in [0.3, 0.4) is 0 Å². The quantitative estimate of drug-likeness (QED) is 0.848. The molecule has 1 atom stereocenters. The van der Waals surface area contributed by atoms with Crippen LogP contribution in [0.2, 0.25) is 5.02 Å². The van der Waals surface area contributed by atoms with Gasteiger partial charge in [-0.25, -0.2) is 0 Å². The first-order chi connectivity index (χ1) is 7.91. The molecule has 0 bridgehead atoms. The van der Waals surface area contributed by atoms with E-state index in [1.807, 2.05) is 18.2 Å². The zero-order chi connectivity index (χ0) is 13.0. The van der Waals surface area contributed by atoms with Gasteiger partial charge >= 0.3 is 5.97 Å². The third-order valence-electron chi connectivity index (χ3n) is 2.74. The first-order valence-electron chi connectivity index (χ1n) is 5.68. The first kappa shape index (κ1) is 14.0. The van der Waals surface area contributed by atoms with E-state index in [1.54, 1.807) is 0 Å². The van der Waals surface area contributed by atoms with Crippen LogP contribution in [0.25, 0.3) is 0 Å². The number of carbonyl (C=O) groups is 1. The molecule has 3 N–H and O–H groups in total. The van der Waals surface area contributed by atoms with E-state index in [0.717, 1.165) is 11.1 Å². The Kier molecular flexibility index (Phi) is 4.97. The average Bonchev–Trinajstić information content (AvgIpc) is 2.25. The van der Waals surface area contributed by atoms with Crippen molar-refractivity contribution in [2.45, 2.75) is 38.6 Å². The van der Waals surface area contributed by atoms with Crippen molar-refractivity contribution in [1.29, 1.82) is 0 Å². The van der Waals surface area contributed by atoms with E-state index in [9.17, 15) is 4.79 Å². The number of halogens is 1. The minimum atomic E-state index is -0.828. The van der Waals surface area contributed by atoms with Crippen LogP contribution >= 0.6 is 11.6 Å². The van der Waals surface area contributed by atoms with E-state index >= 15 is 0 Å². The molecule has 94 valence electrons. The fraction of sp³-hybridized carbons (Fsp3) is 0.462. The topological polar surface area (TPSA) is 63.3 Å². The van der Waals surface area contributed by atoms with Crippen molar-refractivity contribution in [1.82, 2.24) is 0 Å². The first-order valence-corrected chi connectivity index (χ1v) is 6.06. The van der Waals surface area contributed by atoms with E-state index in [4.69, 9.17) is 22.4 Å². The number of carboxylic acid groups (broad SMARTS) is 1. The molecule has 0 aromatic heterocycles. The molecule has 0 fully saturated rings. The number of aliphatic carboxylic acids is 1. The molecule has 0 saturated carbocycles. The molecule has 1 aromatic carbocycles. The van der Waals surface area contributed by atoms with Gasteiger partial charge in [-0.2, -0.15) is 0 Å². The Morgan fingerprint density at radius 2 is 2.12 bits per heavy atom. The Labute approximate surface area is 107 Å². The third-order valence-corrected chi connectivity index (χ3v) is 3.07. The summed E-state index contributed by atoms with van der Waals surface area (Å²) in [6, 6.07) is 5.45. The van der Waals surface area contributed by atoms with Crippen molar-refractivity contribution in [3.8, 4) is 0 Å². The maximum Gasteiger partial charge on any atom is 0.303 e. The van der Waals surface area contributed by atoms with Crippen molar-refractivity contribution in [2.24, 2.45) is 5.73 Å². The smallest absolute Gasteiger partial charge is 0.303 e. The summed E-state index contributed by atoms with van der Waals surface area (Å²) in [5.41, 5.74) is 7.89. The highest BCUT2D eigenvalue weighted by Crippen LogP contribution is 2.27. The summed E-state index contributed by atoms with van der Waals surface area (Å²) >= 11 is 6.16. The largest absolute Gasteiger partial charge is 0.481 e. The zero-order valence-corrected chi connectivity index (χ0v) is 10.9. The Hall–Kier alpha value is -1.06. The maximum atomic E-state index is 10.5. The average molecular weight is 256 g/mol. The molecule has 0 saturated heterocycles. The summed E-state index contributed by atoms with van der Waals surface area (Å²) in [5, 5.41) is 9.30. The Morgan fingerprint density at radius 1 is 1.47 bits per heavy atom. The molecule has 0 aliphatic heterocycles. The van der Waals surface area contributed by atoms with Crippen LogP contribution in [0.4, 0.5) is 0 Å². The summed E-state index contributed by atoms with van der Waals surface area (Å²) in [6.07, 6.45) is 0.497. The minimum absolute atomic E-state index is 0.0741. The Balaban J connectivity index is 2.78. The molecule has 17 heavy (non-hydrogen) atoms. The van der Waals surface area contributed by atoms with Crippen LogP contribution in [0, 0.1) is 0 Å². The number of benzene rings is 1. The van der Waals surface area contributed by atoms with E-state index in [2.05, 4.69) is 13.8 Å². The Morgan fingerprint density at radius 3 is 2.59 bits per heavy atom. The van der Waals surface area contributed by atoms with Gasteiger partial charge in [0, 0.05) is 17.5 Å². The van der Waals surface area contributed by atoms with Crippen molar-refractivity contribution >= 4 is 17.6 Å². The molecule has 4 heteroatoms. The fourth-order valence-electron chi connectivity index (χ4n) is 1.69. The predicted octanol–water partition coefficient (Wildman–Crippen LogP) is 3.33. The lowest BCUT2D eigenvalue weighted by atomic mass is 9.97. The summed E-state index contributed by atoms with van der Waals surface area (Å²) in [7, 11) is 0. The second kappa shape index (κ2) is 6.03. The maximum absolute atomic E-state index is 10.5. The molecule has 0 aliphatic carbocycles. The molecule has 3 nitrogen and oxygen atoms in total. The van der Waals surface area contributed by atoms with E-state index in [1.165, 1.54) is 0 Å². The molecule has 0 heterocycles. The molecular formula is C13H18ClNO2. The van der Waals surface area contributed by atoms with Gasteiger partial charge in [-0.1, -0.05) is 37.6 Å². The Bertz CT molecular complexity index is 404. The fourth-order valence-corrected chi connectivity index (χ4v) is 2.10. The van der Waals surface area contributed by atoms with Gasteiger partial charge in [0.25, 0.3) is 0 Å². The molecule has 1 aromatic rings. The summed E-state index contributed by atoms with van der Waals surface area (Å²) in [6.45, 7) is 4.15. The van der Waals surface area contributed by atoms with Crippen LogP contribution in [0.5, 0.6) is 0 Å². The van der Waals surface area contributed by atoms with Gasteiger partial charge in [0.15, 0.2) is 0 Å². The number of nitrogens with two attached hydrogens (primary N) is 1. The highest BCUT2D eigenvalue weighted by molar-refractivity contribution is 6.31. The second-order valence-corrected chi connectivity index (χ2v) is 4.88. The zero-order valence-electron chi connectivity index (χ0n) is 10.1. The summed E-state index contributed by atoms with van der Waals surface area (Å²) in [5.74, 6) is -0.461. The molecule has 0 aliphatic rings.